The molecule has 1 heterocycles. The number of aromatic nitrogens is 2. The zero-order chi connectivity index (χ0) is 13.4. The van der Waals surface area contributed by atoms with Gasteiger partial charge in [-0.15, -0.1) is 0 Å². The van der Waals surface area contributed by atoms with Crippen molar-refractivity contribution in [3.05, 3.63) is 12.3 Å². The van der Waals surface area contributed by atoms with Crippen molar-refractivity contribution in [2.75, 3.05) is 5.32 Å². The van der Waals surface area contributed by atoms with Gasteiger partial charge in [0.1, 0.15) is 5.78 Å². The van der Waals surface area contributed by atoms with E-state index < -0.39 is 0 Å². The first kappa shape index (κ1) is 12.4. The number of ketones is 1. The minimum Gasteiger partial charge on any atom is -0.309 e. The Morgan fingerprint density at radius 2 is 2.05 bits per heavy atom. The lowest BCUT2D eigenvalue weighted by molar-refractivity contribution is -0.136. The quantitative estimate of drug-likeness (QED) is 0.882. The van der Waals surface area contributed by atoms with Crippen LogP contribution in [0.5, 0.6) is 0 Å². The van der Waals surface area contributed by atoms with Crippen LogP contribution in [0.4, 0.5) is 5.82 Å². The molecule has 1 aromatic heterocycles. The maximum absolute atomic E-state index is 12.2. The molecule has 102 valence electrons. The third-order valence-corrected chi connectivity index (χ3v) is 4.38. The molecule has 0 spiro atoms. The Balaban J connectivity index is 1.66. The Morgan fingerprint density at radius 1 is 1.37 bits per heavy atom. The van der Waals surface area contributed by atoms with Crippen molar-refractivity contribution in [2.24, 2.45) is 24.8 Å². The van der Waals surface area contributed by atoms with E-state index in [1.165, 1.54) is 0 Å². The molecule has 0 aliphatic heterocycles. The Labute approximate surface area is 112 Å². The molecule has 2 atom stereocenters. The minimum absolute atomic E-state index is 0.0168. The second-order valence-electron chi connectivity index (χ2n) is 5.76. The fourth-order valence-corrected chi connectivity index (χ4v) is 3.40. The molecule has 2 bridgehead atoms. The topological polar surface area (TPSA) is 64.0 Å². The van der Waals surface area contributed by atoms with Crippen molar-refractivity contribution >= 4 is 17.5 Å². The highest BCUT2D eigenvalue weighted by Crippen LogP contribution is 2.40. The van der Waals surface area contributed by atoms with Gasteiger partial charge in [-0.05, 0) is 25.7 Å². The van der Waals surface area contributed by atoms with E-state index in [1.54, 1.807) is 16.9 Å². The van der Waals surface area contributed by atoms with Crippen LogP contribution >= 0.6 is 0 Å². The van der Waals surface area contributed by atoms with Crippen LogP contribution in [0, 0.1) is 17.8 Å². The normalized spacial score (nSPS) is 30.2. The number of nitrogens with one attached hydrogen (secondary N) is 1. The summed E-state index contributed by atoms with van der Waals surface area (Å²) in [6.07, 6.45) is 6.29. The molecule has 5 nitrogen and oxygen atoms in total. The standard InChI is InChI=1S/C14H19N3O2/c1-17-6-5-12(16-17)15-14(19)11-7-9-3-2-4-10(8-11)13(9)18/h5-6,9-11H,2-4,7-8H2,1H3,(H,15,16,19). The van der Waals surface area contributed by atoms with E-state index in [0.717, 1.165) is 19.3 Å². The predicted molar refractivity (Wildman–Crippen MR) is 70.4 cm³/mol. The number of hydrogen-bond acceptors (Lipinski definition) is 3. The lowest BCUT2D eigenvalue weighted by Crippen LogP contribution is -2.40. The molecule has 0 saturated heterocycles. The molecule has 1 aromatic rings. The van der Waals surface area contributed by atoms with Crippen LogP contribution in [0.3, 0.4) is 0 Å². The largest absolute Gasteiger partial charge is 0.309 e. The van der Waals surface area contributed by atoms with Gasteiger partial charge < -0.3 is 5.32 Å². The number of aryl methyl sites for hydroxylation is 1. The van der Waals surface area contributed by atoms with Gasteiger partial charge in [0.2, 0.25) is 5.91 Å². The molecule has 1 amide bonds. The summed E-state index contributed by atoms with van der Waals surface area (Å²) in [5.74, 6) is 1.21. The van der Waals surface area contributed by atoms with Gasteiger partial charge in [-0.2, -0.15) is 5.10 Å². The number of Topliss-reactive ketones (excluding diaryl/α,β-unsaturated/α-hetero) is 1. The van der Waals surface area contributed by atoms with Gasteiger partial charge in [-0.1, -0.05) is 6.42 Å². The highest BCUT2D eigenvalue weighted by molar-refractivity contribution is 5.94. The first-order valence-electron chi connectivity index (χ1n) is 6.97. The molecule has 2 saturated carbocycles. The number of anilines is 1. The number of hydrogen-bond donors (Lipinski definition) is 1. The number of rotatable bonds is 2. The molecule has 0 aromatic carbocycles. The number of fused-ring (bicyclic) bond motifs is 2. The lowest BCUT2D eigenvalue weighted by atomic mass is 9.67. The lowest BCUT2D eigenvalue weighted by Gasteiger charge is -2.36. The summed E-state index contributed by atoms with van der Waals surface area (Å²) in [4.78, 5) is 24.2. The van der Waals surface area contributed by atoms with Crippen LogP contribution < -0.4 is 5.32 Å². The van der Waals surface area contributed by atoms with Crippen molar-refractivity contribution in [1.29, 1.82) is 0 Å². The Bertz CT molecular complexity index is 493. The van der Waals surface area contributed by atoms with Gasteiger partial charge in [0.25, 0.3) is 0 Å². The fourth-order valence-electron chi connectivity index (χ4n) is 3.40. The van der Waals surface area contributed by atoms with Crippen LogP contribution in [0.2, 0.25) is 0 Å². The summed E-state index contributed by atoms with van der Waals surface area (Å²) in [5.41, 5.74) is 0. The first-order chi connectivity index (χ1) is 9.13. The van der Waals surface area contributed by atoms with E-state index in [4.69, 9.17) is 0 Å². The van der Waals surface area contributed by atoms with Crippen LogP contribution in [-0.4, -0.2) is 21.5 Å². The average Bonchev–Trinajstić information content (AvgIpc) is 2.74. The summed E-state index contributed by atoms with van der Waals surface area (Å²) in [6.45, 7) is 0. The molecular weight excluding hydrogens is 242 g/mol. The first-order valence-corrected chi connectivity index (χ1v) is 6.97. The third-order valence-electron chi connectivity index (χ3n) is 4.38. The van der Waals surface area contributed by atoms with E-state index in [9.17, 15) is 9.59 Å². The molecule has 3 rings (SSSR count). The molecule has 5 heteroatoms. The smallest absolute Gasteiger partial charge is 0.228 e. The van der Waals surface area contributed by atoms with Crippen LogP contribution in [-0.2, 0) is 16.6 Å². The zero-order valence-electron chi connectivity index (χ0n) is 11.1. The van der Waals surface area contributed by atoms with Crippen LogP contribution in [0.15, 0.2) is 12.3 Å². The van der Waals surface area contributed by atoms with Gasteiger partial charge in [0, 0.05) is 37.1 Å². The highest BCUT2D eigenvalue weighted by Gasteiger charge is 2.41. The van der Waals surface area contributed by atoms with Crippen LogP contribution in [0.1, 0.15) is 32.1 Å². The van der Waals surface area contributed by atoms with Gasteiger partial charge in [-0.25, -0.2) is 0 Å². The number of carbonyl (C=O) groups excluding carboxylic acids is 2. The maximum atomic E-state index is 12.2. The SMILES string of the molecule is Cn1ccc(NC(=O)C2CC3CCCC(C2)C3=O)n1. The van der Waals surface area contributed by atoms with Crippen LogP contribution in [0.25, 0.3) is 0 Å². The van der Waals surface area contributed by atoms with Gasteiger partial charge in [0.15, 0.2) is 5.82 Å². The summed E-state index contributed by atoms with van der Waals surface area (Å²) in [6, 6.07) is 1.78. The van der Waals surface area contributed by atoms with E-state index in [1.807, 2.05) is 7.05 Å². The molecule has 0 radical (unpaired) electrons. The Kier molecular flexibility index (Phi) is 3.12. The highest BCUT2D eigenvalue weighted by atomic mass is 16.2. The Morgan fingerprint density at radius 3 is 2.63 bits per heavy atom. The van der Waals surface area contributed by atoms with Crippen molar-refractivity contribution in [3.8, 4) is 0 Å². The number of amides is 1. The predicted octanol–water partition coefficient (Wildman–Crippen LogP) is 1.75. The summed E-state index contributed by atoms with van der Waals surface area (Å²) < 4.78 is 1.66. The molecule has 2 aliphatic rings. The summed E-state index contributed by atoms with van der Waals surface area (Å²) >= 11 is 0. The molecular formula is C14H19N3O2. The third kappa shape index (κ3) is 2.41. The van der Waals surface area contributed by atoms with Gasteiger partial charge in [-0.3, -0.25) is 14.3 Å². The summed E-state index contributed by atoms with van der Waals surface area (Å²) in [7, 11) is 1.82. The molecule has 19 heavy (non-hydrogen) atoms. The average molecular weight is 261 g/mol. The van der Waals surface area contributed by atoms with Crippen molar-refractivity contribution in [1.82, 2.24) is 9.78 Å². The van der Waals surface area contributed by atoms with Crippen molar-refractivity contribution in [3.63, 3.8) is 0 Å². The van der Waals surface area contributed by atoms with Crippen molar-refractivity contribution in [2.45, 2.75) is 32.1 Å². The van der Waals surface area contributed by atoms with E-state index in [-0.39, 0.29) is 23.7 Å². The second-order valence-corrected chi connectivity index (χ2v) is 5.76. The second kappa shape index (κ2) is 4.79. The zero-order valence-corrected chi connectivity index (χ0v) is 11.1. The monoisotopic (exact) mass is 261 g/mol. The molecule has 2 aliphatic carbocycles. The molecule has 2 fully saturated rings. The number of nitrogens with zero attached hydrogens (tertiary/aromatic N) is 2. The van der Waals surface area contributed by atoms with E-state index in [2.05, 4.69) is 10.4 Å². The van der Waals surface area contributed by atoms with E-state index in [0.29, 0.717) is 24.4 Å². The summed E-state index contributed by atoms with van der Waals surface area (Å²) in [5, 5.41) is 7.00. The fraction of sp³-hybridized carbons (Fsp3) is 0.643. The Hall–Kier alpha value is -1.65. The van der Waals surface area contributed by atoms with Gasteiger partial charge >= 0.3 is 0 Å². The van der Waals surface area contributed by atoms with E-state index >= 15 is 0 Å². The minimum atomic E-state index is -0.0324. The van der Waals surface area contributed by atoms with Gasteiger partial charge in [0.05, 0.1) is 0 Å². The maximum Gasteiger partial charge on any atom is 0.228 e. The van der Waals surface area contributed by atoms with Crippen molar-refractivity contribution < 1.29 is 9.59 Å². The molecule has 1 N–H and O–H groups in total. The number of carbonyl (C=O) groups is 2. The molecule has 2 unspecified atom stereocenters.